The first-order valence-corrected chi connectivity index (χ1v) is 4.51. The summed E-state index contributed by atoms with van der Waals surface area (Å²) < 4.78 is 13.3. The standard InChI is InChI=1S/C10H10FNO2/c11-8(10(13)14)7-4-3-6-2-1-5-12-9(6)7/h1-2,5,7-8H,3-4H2,(H,13,14). The number of halogens is 1. The van der Waals surface area contributed by atoms with Crippen molar-refractivity contribution in [1.82, 2.24) is 4.98 Å². The van der Waals surface area contributed by atoms with Crippen LogP contribution in [0.1, 0.15) is 23.6 Å². The van der Waals surface area contributed by atoms with Crippen LogP contribution in [-0.2, 0) is 11.2 Å². The van der Waals surface area contributed by atoms with Gasteiger partial charge < -0.3 is 5.11 Å². The summed E-state index contributed by atoms with van der Waals surface area (Å²) in [7, 11) is 0. The number of aliphatic carboxylic acids is 1. The minimum Gasteiger partial charge on any atom is -0.479 e. The normalized spacial score (nSPS) is 21.6. The Morgan fingerprint density at radius 1 is 1.71 bits per heavy atom. The van der Waals surface area contributed by atoms with Gasteiger partial charge >= 0.3 is 5.97 Å². The van der Waals surface area contributed by atoms with Crippen LogP contribution in [0, 0.1) is 0 Å². The molecular formula is C10H10FNO2. The molecule has 0 bridgehead atoms. The Morgan fingerprint density at radius 3 is 3.21 bits per heavy atom. The number of alkyl halides is 1. The van der Waals surface area contributed by atoms with Crippen LogP contribution >= 0.6 is 0 Å². The Kier molecular flexibility index (Phi) is 2.19. The van der Waals surface area contributed by atoms with Crippen molar-refractivity contribution in [3.05, 3.63) is 29.6 Å². The molecule has 14 heavy (non-hydrogen) atoms. The van der Waals surface area contributed by atoms with E-state index in [1.807, 2.05) is 6.07 Å². The number of pyridine rings is 1. The monoisotopic (exact) mass is 195 g/mol. The lowest BCUT2D eigenvalue weighted by molar-refractivity contribution is -0.143. The molecule has 0 fully saturated rings. The first kappa shape index (κ1) is 9.12. The Bertz CT molecular complexity index is 367. The second kappa shape index (κ2) is 3.36. The number of nitrogens with zero attached hydrogens (tertiary/aromatic N) is 1. The summed E-state index contributed by atoms with van der Waals surface area (Å²) in [5.74, 6) is -1.96. The largest absolute Gasteiger partial charge is 0.479 e. The topological polar surface area (TPSA) is 50.2 Å². The van der Waals surface area contributed by atoms with Crippen LogP contribution < -0.4 is 0 Å². The molecule has 0 aromatic carbocycles. The number of hydrogen-bond acceptors (Lipinski definition) is 2. The molecule has 2 unspecified atom stereocenters. The van der Waals surface area contributed by atoms with Crippen molar-refractivity contribution in [3.63, 3.8) is 0 Å². The Hall–Kier alpha value is -1.45. The predicted octanol–water partition coefficient (Wildman–Crippen LogP) is 1.53. The lowest BCUT2D eigenvalue weighted by Crippen LogP contribution is -2.22. The summed E-state index contributed by atoms with van der Waals surface area (Å²) in [5, 5.41) is 8.57. The molecule has 1 aromatic rings. The van der Waals surface area contributed by atoms with Gasteiger partial charge in [-0.3, -0.25) is 4.98 Å². The zero-order chi connectivity index (χ0) is 10.1. The summed E-state index contributed by atoms with van der Waals surface area (Å²) in [4.78, 5) is 14.5. The first-order chi connectivity index (χ1) is 6.70. The highest BCUT2D eigenvalue weighted by atomic mass is 19.1. The van der Waals surface area contributed by atoms with Crippen molar-refractivity contribution in [2.45, 2.75) is 24.9 Å². The third-order valence-electron chi connectivity index (χ3n) is 2.59. The fraction of sp³-hybridized carbons (Fsp3) is 0.400. The molecule has 0 radical (unpaired) electrons. The van der Waals surface area contributed by atoms with Gasteiger partial charge in [-0.1, -0.05) is 6.07 Å². The van der Waals surface area contributed by atoms with Crippen LogP contribution in [0.3, 0.4) is 0 Å². The van der Waals surface area contributed by atoms with Crippen molar-refractivity contribution in [2.75, 3.05) is 0 Å². The molecule has 1 aromatic heterocycles. The molecule has 1 N–H and O–H groups in total. The molecular weight excluding hydrogens is 185 g/mol. The number of carboxylic acid groups (broad SMARTS) is 1. The number of fused-ring (bicyclic) bond motifs is 1. The van der Waals surface area contributed by atoms with Gasteiger partial charge in [-0.25, -0.2) is 9.18 Å². The van der Waals surface area contributed by atoms with Crippen molar-refractivity contribution in [1.29, 1.82) is 0 Å². The first-order valence-electron chi connectivity index (χ1n) is 4.51. The van der Waals surface area contributed by atoms with E-state index in [2.05, 4.69) is 4.98 Å². The number of aryl methyl sites for hydroxylation is 1. The highest BCUT2D eigenvalue weighted by molar-refractivity contribution is 5.73. The molecule has 0 aliphatic heterocycles. The van der Waals surface area contributed by atoms with Crippen LogP contribution in [0.25, 0.3) is 0 Å². The van der Waals surface area contributed by atoms with Crippen molar-refractivity contribution >= 4 is 5.97 Å². The van der Waals surface area contributed by atoms with Crippen LogP contribution in [-0.4, -0.2) is 22.2 Å². The van der Waals surface area contributed by atoms with Gasteiger partial charge in [-0.15, -0.1) is 0 Å². The molecule has 1 heterocycles. The predicted molar refractivity (Wildman–Crippen MR) is 47.8 cm³/mol. The summed E-state index contributed by atoms with van der Waals surface area (Å²) in [6.45, 7) is 0. The lowest BCUT2D eigenvalue weighted by Gasteiger charge is -2.11. The minimum atomic E-state index is -1.83. The fourth-order valence-corrected chi connectivity index (χ4v) is 1.90. The van der Waals surface area contributed by atoms with E-state index in [1.165, 1.54) is 0 Å². The lowest BCUT2D eigenvalue weighted by atomic mass is 10.0. The van der Waals surface area contributed by atoms with Gasteiger partial charge in [0, 0.05) is 12.1 Å². The number of hydrogen-bond donors (Lipinski definition) is 1. The number of carbonyl (C=O) groups is 1. The number of aromatic nitrogens is 1. The SMILES string of the molecule is O=C(O)C(F)C1CCc2cccnc21. The van der Waals surface area contributed by atoms with Gasteiger partial charge in [0.1, 0.15) is 0 Å². The van der Waals surface area contributed by atoms with E-state index in [4.69, 9.17) is 5.11 Å². The van der Waals surface area contributed by atoms with Gasteiger partial charge in [-0.2, -0.15) is 0 Å². The van der Waals surface area contributed by atoms with Crippen LogP contribution in [0.5, 0.6) is 0 Å². The highest BCUT2D eigenvalue weighted by Crippen LogP contribution is 2.34. The van der Waals surface area contributed by atoms with E-state index >= 15 is 0 Å². The highest BCUT2D eigenvalue weighted by Gasteiger charge is 2.35. The van der Waals surface area contributed by atoms with E-state index < -0.39 is 18.1 Å². The maximum absolute atomic E-state index is 13.3. The maximum Gasteiger partial charge on any atom is 0.338 e. The molecule has 1 aliphatic carbocycles. The number of rotatable bonds is 2. The summed E-state index contributed by atoms with van der Waals surface area (Å²) in [5.41, 5.74) is 1.59. The zero-order valence-corrected chi connectivity index (χ0v) is 7.48. The third kappa shape index (κ3) is 1.36. The van der Waals surface area contributed by atoms with Gasteiger partial charge in [0.15, 0.2) is 0 Å². The van der Waals surface area contributed by atoms with Crippen molar-refractivity contribution in [2.24, 2.45) is 0 Å². The zero-order valence-electron chi connectivity index (χ0n) is 7.48. The van der Waals surface area contributed by atoms with Gasteiger partial charge in [0.25, 0.3) is 0 Å². The van der Waals surface area contributed by atoms with Crippen LogP contribution in [0.15, 0.2) is 18.3 Å². The van der Waals surface area contributed by atoms with Gasteiger partial charge in [0.2, 0.25) is 6.17 Å². The summed E-state index contributed by atoms with van der Waals surface area (Å²) >= 11 is 0. The third-order valence-corrected chi connectivity index (χ3v) is 2.59. The molecule has 74 valence electrons. The fourth-order valence-electron chi connectivity index (χ4n) is 1.90. The van der Waals surface area contributed by atoms with Crippen LogP contribution in [0.4, 0.5) is 4.39 Å². The second-order valence-corrected chi connectivity index (χ2v) is 3.43. The van der Waals surface area contributed by atoms with E-state index in [0.29, 0.717) is 12.1 Å². The summed E-state index contributed by atoms with van der Waals surface area (Å²) in [6, 6.07) is 3.66. The Labute approximate surface area is 80.6 Å². The molecule has 4 heteroatoms. The smallest absolute Gasteiger partial charge is 0.338 e. The van der Waals surface area contributed by atoms with E-state index in [1.54, 1.807) is 12.3 Å². The average molecular weight is 195 g/mol. The molecule has 0 saturated carbocycles. The van der Waals surface area contributed by atoms with Crippen LogP contribution in [0.2, 0.25) is 0 Å². The molecule has 0 amide bonds. The van der Waals surface area contributed by atoms with Crippen molar-refractivity contribution < 1.29 is 14.3 Å². The summed E-state index contributed by atoms with van der Waals surface area (Å²) in [6.07, 6.45) is 1.01. The number of carboxylic acids is 1. The van der Waals surface area contributed by atoms with Crippen molar-refractivity contribution in [3.8, 4) is 0 Å². The Morgan fingerprint density at radius 2 is 2.50 bits per heavy atom. The van der Waals surface area contributed by atoms with E-state index in [0.717, 1.165) is 12.0 Å². The second-order valence-electron chi connectivity index (χ2n) is 3.43. The molecule has 2 atom stereocenters. The molecule has 2 rings (SSSR count). The van der Waals surface area contributed by atoms with E-state index in [9.17, 15) is 9.18 Å². The molecule has 3 nitrogen and oxygen atoms in total. The van der Waals surface area contributed by atoms with Gasteiger partial charge in [0.05, 0.1) is 5.69 Å². The minimum absolute atomic E-state index is 0.541. The maximum atomic E-state index is 13.3. The average Bonchev–Trinajstić information content (AvgIpc) is 2.60. The van der Waals surface area contributed by atoms with E-state index in [-0.39, 0.29) is 0 Å². The molecule has 1 aliphatic rings. The molecule has 0 saturated heterocycles. The quantitative estimate of drug-likeness (QED) is 0.778. The molecule has 0 spiro atoms. The Balaban J connectivity index is 2.30. The van der Waals surface area contributed by atoms with Gasteiger partial charge in [-0.05, 0) is 24.5 Å².